The Kier molecular flexibility index (Phi) is 7.43. The summed E-state index contributed by atoms with van der Waals surface area (Å²) >= 11 is 0. The molecule has 2 aliphatic rings. The van der Waals surface area contributed by atoms with Crippen molar-refractivity contribution in [2.24, 2.45) is 0 Å². The first-order valence-electron chi connectivity index (χ1n) is 12.2. The molecule has 200 valence electrons. The number of hydrogen-bond acceptors (Lipinski definition) is 9. The molecule has 0 spiro atoms. The topological polar surface area (TPSA) is 137 Å². The number of rotatable bonds is 7. The van der Waals surface area contributed by atoms with E-state index < -0.39 is 34.4 Å². The molecule has 0 radical (unpaired) electrons. The Balaban J connectivity index is 1.90. The number of phenols is 1. The van der Waals surface area contributed by atoms with Gasteiger partial charge in [0.15, 0.2) is 11.5 Å². The normalized spacial score (nSPS) is 19.2. The summed E-state index contributed by atoms with van der Waals surface area (Å²) in [4.78, 5) is 38.1. The Bertz CT molecular complexity index is 1370. The number of nitrogens with zero attached hydrogens (tertiary/aromatic N) is 1. The molecule has 4 rings (SSSR count). The van der Waals surface area contributed by atoms with Gasteiger partial charge in [-0.3, -0.25) is 14.9 Å². The SMILES string of the molecule is COc1ccccc1[C@@H]1CC(=O)C2=C(C1)NC(C)=C(C(=O)OC(C)C)[C@H]2c1cc(OC)c(O)c([N+](=O)[O-])c1. The highest BCUT2D eigenvalue weighted by Gasteiger charge is 2.43. The number of phenolic OH excluding ortho intramolecular Hbond substituents is 1. The molecule has 0 unspecified atom stereocenters. The van der Waals surface area contributed by atoms with Gasteiger partial charge in [-0.25, -0.2) is 4.79 Å². The zero-order valence-electron chi connectivity index (χ0n) is 21.9. The summed E-state index contributed by atoms with van der Waals surface area (Å²) in [7, 11) is 2.85. The minimum atomic E-state index is -0.961. The second kappa shape index (κ2) is 10.6. The lowest BCUT2D eigenvalue weighted by Gasteiger charge is -2.37. The summed E-state index contributed by atoms with van der Waals surface area (Å²) in [6.45, 7) is 5.13. The molecule has 0 saturated heterocycles. The fourth-order valence-corrected chi connectivity index (χ4v) is 5.22. The number of ether oxygens (including phenoxy) is 3. The van der Waals surface area contributed by atoms with Crippen molar-refractivity contribution in [1.82, 2.24) is 5.32 Å². The summed E-state index contributed by atoms with van der Waals surface area (Å²) in [5.74, 6) is -2.09. The quantitative estimate of drug-likeness (QED) is 0.303. The summed E-state index contributed by atoms with van der Waals surface area (Å²) in [6.07, 6.45) is 0.179. The Labute approximate surface area is 220 Å². The number of esters is 1. The van der Waals surface area contributed by atoms with Crippen molar-refractivity contribution in [3.63, 3.8) is 0 Å². The van der Waals surface area contributed by atoms with Gasteiger partial charge >= 0.3 is 11.7 Å². The van der Waals surface area contributed by atoms with Gasteiger partial charge in [0, 0.05) is 41.3 Å². The van der Waals surface area contributed by atoms with E-state index in [1.54, 1.807) is 27.9 Å². The average molecular weight is 523 g/mol. The van der Waals surface area contributed by atoms with Crippen LogP contribution < -0.4 is 14.8 Å². The fraction of sp³-hybridized carbons (Fsp3) is 0.357. The molecule has 38 heavy (non-hydrogen) atoms. The number of allylic oxidation sites excluding steroid dienone is 3. The van der Waals surface area contributed by atoms with E-state index in [0.29, 0.717) is 29.1 Å². The number of benzene rings is 2. The van der Waals surface area contributed by atoms with Crippen LogP contribution in [0.4, 0.5) is 5.69 Å². The van der Waals surface area contributed by atoms with Gasteiger partial charge in [-0.1, -0.05) is 18.2 Å². The summed E-state index contributed by atoms with van der Waals surface area (Å²) in [5, 5.41) is 25.3. The minimum absolute atomic E-state index is 0.140. The Morgan fingerprint density at radius 2 is 1.82 bits per heavy atom. The van der Waals surface area contributed by atoms with Crippen LogP contribution in [0.2, 0.25) is 0 Å². The molecule has 1 aliphatic heterocycles. The molecule has 0 fully saturated rings. The molecular formula is C28H30N2O8. The van der Waals surface area contributed by atoms with Gasteiger partial charge in [-0.05, 0) is 50.5 Å². The van der Waals surface area contributed by atoms with E-state index in [2.05, 4.69) is 5.32 Å². The van der Waals surface area contributed by atoms with Crippen molar-refractivity contribution < 1.29 is 33.8 Å². The molecule has 10 heteroatoms. The van der Waals surface area contributed by atoms with E-state index in [0.717, 1.165) is 5.56 Å². The maximum absolute atomic E-state index is 13.8. The zero-order valence-corrected chi connectivity index (χ0v) is 21.9. The van der Waals surface area contributed by atoms with E-state index in [4.69, 9.17) is 14.2 Å². The highest BCUT2D eigenvalue weighted by Crippen LogP contribution is 2.49. The molecule has 0 bridgehead atoms. The molecule has 2 aromatic carbocycles. The third kappa shape index (κ3) is 4.81. The zero-order chi connectivity index (χ0) is 27.7. The minimum Gasteiger partial charge on any atom is -0.500 e. The van der Waals surface area contributed by atoms with E-state index >= 15 is 0 Å². The smallest absolute Gasteiger partial charge is 0.337 e. The number of aromatic hydroxyl groups is 1. The molecule has 0 amide bonds. The van der Waals surface area contributed by atoms with Crippen LogP contribution in [-0.2, 0) is 14.3 Å². The van der Waals surface area contributed by atoms with Crippen LogP contribution in [0.5, 0.6) is 17.2 Å². The predicted molar refractivity (Wildman–Crippen MR) is 138 cm³/mol. The summed E-state index contributed by atoms with van der Waals surface area (Å²) < 4.78 is 16.2. The monoisotopic (exact) mass is 522 g/mol. The molecule has 2 N–H and O–H groups in total. The van der Waals surface area contributed by atoms with Crippen molar-refractivity contribution in [3.05, 3.63) is 80.2 Å². The Morgan fingerprint density at radius 3 is 2.45 bits per heavy atom. The number of ketones is 1. The van der Waals surface area contributed by atoms with Gasteiger partial charge in [-0.2, -0.15) is 0 Å². The molecule has 1 heterocycles. The van der Waals surface area contributed by atoms with E-state index in [1.807, 2.05) is 24.3 Å². The largest absolute Gasteiger partial charge is 0.500 e. The standard InChI is InChI=1S/C28H30N2O8/c1-14(2)38-28(33)24-15(3)29-19-10-16(18-8-6-7-9-22(18)36-4)12-21(31)26(19)25(24)17-11-20(30(34)35)27(32)23(13-17)37-5/h6-9,11,13-14,16,25,29,32H,10,12H2,1-5H3/t16-,25+/m0/s1. The van der Waals surface area contributed by atoms with E-state index in [9.17, 15) is 24.8 Å². The van der Waals surface area contributed by atoms with Gasteiger partial charge in [0.1, 0.15) is 5.75 Å². The van der Waals surface area contributed by atoms with Gasteiger partial charge in [-0.15, -0.1) is 0 Å². The van der Waals surface area contributed by atoms with Crippen molar-refractivity contribution in [1.29, 1.82) is 0 Å². The van der Waals surface area contributed by atoms with Crippen LogP contribution in [0.25, 0.3) is 0 Å². The number of nitro benzene ring substituents is 1. The Morgan fingerprint density at radius 1 is 1.13 bits per heavy atom. The number of nitro groups is 1. The summed E-state index contributed by atoms with van der Waals surface area (Å²) in [6, 6.07) is 10.1. The highest BCUT2D eigenvalue weighted by atomic mass is 16.6. The van der Waals surface area contributed by atoms with Crippen molar-refractivity contribution in [2.45, 2.75) is 51.6 Å². The van der Waals surface area contributed by atoms with Crippen LogP contribution in [0, 0.1) is 10.1 Å². The summed E-state index contributed by atoms with van der Waals surface area (Å²) in [5.41, 5.74) is 2.16. The highest BCUT2D eigenvalue weighted by molar-refractivity contribution is 6.04. The maximum Gasteiger partial charge on any atom is 0.337 e. The van der Waals surface area contributed by atoms with Crippen LogP contribution >= 0.6 is 0 Å². The average Bonchev–Trinajstić information content (AvgIpc) is 2.87. The number of nitrogens with one attached hydrogen (secondary N) is 1. The molecule has 2 atom stereocenters. The predicted octanol–water partition coefficient (Wildman–Crippen LogP) is 4.63. The number of methoxy groups -OCH3 is 2. The molecular weight excluding hydrogens is 492 g/mol. The molecule has 0 aromatic heterocycles. The third-order valence-electron chi connectivity index (χ3n) is 6.80. The van der Waals surface area contributed by atoms with E-state index in [-0.39, 0.29) is 35.0 Å². The number of para-hydroxylation sites is 1. The number of carbonyl (C=O) groups excluding carboxylic acids is 2. The van der Waals surface area contributed by atoms with Crippen molar-refractivity contribution in [3.8, 4) is 17.2 Å². The van der Waals surface area contributed by atoms with Crippen LogP contribution in [0.15, 0.2) is 58.9 Å². The number of dihydropyridines is 1. The number of carbonyl (C=O) groups is 2. The molecule has 1 aliphatic carbocycles. The second-order valence-electron chi connectivity index (χ2n) is 9.56. The van der Waals surface area contributed by atoms with Crippen LogP contribution in [0.3, 0.4) is 0 Å². The molecule has 2 aromatic rings. The first-order valence-corrected chi connectivity index (χ1v) is 12.2. The first-order chi connectivity index (χ1) is 18.1. The maximum atomic E-state index is 13.8. The lowest BCUT2D eigenvalue weighted by atomic mass is 9.71. The van der Waals surface area contributed by atoms with E-state index in [1.165, 1.54) is 19.2 Å². The van der Waals surface area contributed by atoms with Gasteiger partial charge < -0.3 is 24.6 Å². The van der Waals surface area contributed by atoms with Gasteiger partial charge in [0.2, 0.25) is 5.75 Å². The number of hydrogen-bond donors (Lipinski definition) is 2. The third-order valence-corrected chi connectivity index (χ3v) is 6.80. The van der Waals surface area contributed by atoms with Crippen molar-refractivity contribution >= 4 is 17.4 Å². The lowest BCUT2D eigenvalue weighted by molar-refractivity contribution is -0.386. The first kappa shape index (κ1) is 26.7. The Hall–Kier alpha value is -4.34. The van der Waals surface area contributed by atoms with Crippen LogP contribution in [-0.4, -0.2) is 42.1 Å². The van der Waals surface area contributed by atoms with Crippen molar-refractivity contribution in [2.75, 3.05) is 14.2 Å². The van der Waals surface area contributed by atoms with Gasteiger partial charge in [0.25, 0.3) is 0 Å². The fourth-order valence-electron chi connectivity index (χ4n) is 5.22. The van der Waals surface area contributed by atoms with Gasteiger partial charge in [0.05, 0.1) is 30.8 Å². The second-order valence-corrected chi connectivity index (χ2v) is 9.56. The number of Topliss-reactive ketones (excluding diaryl/α,β-unsaturated/α-hetero) is 1. The van der Waals surface area contributed by atoms with Crippen LogP contribution in [0.1, 0.15) is 56.6 Å². The lowest BCUT2D eigenvalue weighted by Crippen LogP contribution is -2.36. The molecule has 0 saturated carbocycles. The molecule has 10 nitrogen and oxygen atoms in total.